The molecular weight excluding hydrogens is 342 g/mol. The number of thiophene rings is 2. The Kier molecular flexibility index (Phi) is 3.54. The molecule has 25 heavy (non-hydrogen) atoms. The third kappa shape index (κ3) is 2.44. The van der Waals surface area contributed by atoms with Crippen LogP contribution in [0.3, 0.4) is 0 Å². The molecule has 0 atom stereocenters. The van der Waals surface area contributed by atoms with E-state index in [1.807, 2.05) is 0 Å². The van der Waals surface area contributed by atoms with E-state index in [9.17, 15) is 0 Å². The van der Waals surface area contributed by atoms with Crippen LogP contribution in [0.25, 0.3) is 20.2 Å². The minimum atomic E-state index is 1.19. The van der Waals surface area contributed by atoms with E-state index >= 15 is 0 Å². The van der Waals surface area contributed by atoms with Gasteiger partial charge in [0.2, 0.25) is 0 Å². The molecular formula is C22H15NS2. The molecule has 0 spiro atoms. The summed E-state index contributed by atoms with van der Waals surface area (Å²) in [6, 6.07) is 27.9. The standard InChI is InChI=1S/C22H15NS2/c1-2-8-16(9-3-1)23(19-14-24-21-12-6-4-10-17(19)21)20-15-25-22-13-7-5-11-18(20)22/h1-15H. The lowest BCUT2D eigenvalue weighted by Gasteiger charge is -2.24. The van der Waals surface area contributed by atoms with E-state index in [4.69, 9.17) is 0 Å². The van der Waals surface area contributed by atoms with Gasteiger partial charge >= 0.3 is 0 Å². The highest BCUT2D eigenvalue weighted by atomic mass is 32.1. The van der Waals surface area contributed by atoms with Crippen molar-refractivity contribution >= 4 is 59.9 Å². The SMILES string of the molecule is c1ccc(N(c2csc3ccccc23)c2csc3ccccc23)cc1. The molecule has 3 aromatic carbocycles. The van der Waals surface area contributed by atoms with Crippen molar-refractivity contribution in [1.82, 2.24) is 0 Å². The van der Waals surface area contributed by atoms with Crippen molar-refractivity contribution in [3.63, 3.8) is 0 Å². The Morgan fingerprint density at radius 2 is 1.00 bits per heavy atom. The second kappa shape index (κ2) is 6.03. The summed E-state index contributed by atoms with van der Waals surface area (Å²) in [7, 11) is 0. The zero-order valence-electron chi connectivity index (χ0n) is 13.4. The second-order valence-electron chi connectivity index (χ2n) is 5.91. The van der Waals surface area contributed by atoms with Gasteiger partial charge < -0.3 is 4.90 Å². The van der Waals surface area contributed by atoms with Crippen molar-refractivity contribution < 1.29 is 0 Å². The number of nitrogens with zero attached hydrogens (tertiary/aromatic N) is 1. The largest absolute Gasteiger partial charge is 0.308 e. The minimum Gasteiger partial charge on any atom is -0.308 e. The number of benzene rings is 3. The number of hydrogen-bond acceptors (Lipinski definition) is 3. The molecule has 0 saturated carbocycles. The van der Waals surface area contributed by atoms with Gasteiger partial charge in [0, 0.05) is 36.6 Å². The third-order valence-electron chi connectivity index (χ3n) is 4.42. The van der Waals surface area contributed by atoms with Gasteiger partial charge in [0.15, 0.2) is 0 Å². The Morgan fingerprint density at radius 3 is 1.56 bits per heavy atom. The molecule has 120 valence electrons. The molecule has 0 amide bonds. The van der Waals surface area contributed by atoms with Gasteiger partial charge in [0.1, 0.15) is 0 Å². The summed E-state index contributed by atoms with van der Waals surface area (Å²) in [6.45, 7) is 0. The zero-order valence-corrected chi connectivity index (χ0v) is 15.1. The Labute approximate surface area is 154 Å². The zero-order chi connectivity index (χ0) is 16.6. The molecule has 0 saturated heterocycles. The Bertz CT molecular complexity index is 1080. The fourth-order valence-corrected chi connectivity index (χ4v) is 5.11. The maximum atomic E-state index is 2.39. The van der Waals surface area contributed by atoms with Crippen LogP contribution in [0.2, 0.25) is 0 Å². The van der Waals surface area contributed by atoms with E-state index in [0.29, 0.717) is 0 Å². The van der Waals surface area contributed by atoms with Crippen LogP contribution in [-0.2, 0) is 0 Å². The van der Waals surface area contributed by atoms with Crippen molar-refractivity contribution in [2.75, 3.05) is 4.90 Å². The van der Waals surface area contributed by atoms with Gasteiger partial charge in [-0.25, -0.2) is 0 Å². The molecule has 5 rings (SSSR count). The summed E-state index contributed by atoms with van der Waals surface area (Å²) in [5.74, 6) is 0. The molecule has 5 aromatic rings. The number of anilines is 3. The van der Waals surface area contributed by atoms with Crippen LogP contribution in [0.5, 0.6) is 0 Å². The summed E-state index contributed by atoms with van der Waals surface area (Å²) in [4.78, 5) is 2.39. The Morgan fingerprint density at radius 1 is 0.520 bits per heavy atom. The van der Waals surface area contributed by atoms with E-state index in [1.54, 1.807) is 22.7 Å². The highest BCUT2D eigenvalue weighted by Crippen LogP contribution is 2.45. The van der Waals surface area contributed by atoms with Gasteiger partial charge in [-0.2, -0.15) is 0 Å². The van der Waals surface area contributed by atoms with E-state index in [1.165, 1.54) is 37.2 Å². The van der Waals surface area contributed by atoms with Crippen LogP contribution in [0.1, 0.15) is 0 Å². The average Bonchev–Trinajstić information content (AvgIpc) is 3.29. The monoisotopic (exact) mass is 357 g/mol. The van der Waals surface area contributed by atoms with Crippen molar-refractivity contribution in [3.05, 3.63) is 89.6 Å². The van der Waals surface area contributed by atoms with Crippen molar-refractivity contribution in [3.8, 4) is 0 Å². The second-order valence-corrected chi connectivity index (χ2v) is 7.73. The van der Waals surface area contributed by atoms with E-state index < -0.39 is 0 Å². The van der Waals surface area contributed by atoms with Crippen LogP contribution >= 0.6 is 22.7 Å². The molecule has 0 aliphatic carbocycles. The van der Waals surface area contributed by atoms with Gasteiger partial charge in [-0.15, -0.1) is 22.7 Å². The van der Waals surface area contributed by atoms with Crippen molar-refractivity contribution in [1.29, 1.82) is 0 Å². The lowest BCUT2D eigenvalue weighted by Crippen LogP contribution is -2.08. The summed E-state index contributed by atoms with van der Waals surface area (Å²) < 4.78 is 2.64. The molecule has 0 fully saturated rings. The van der Waals surface area contributed by atoms with Gasteiger partial charge in [-0.3, -0.25) is 0 Å². The first-order valence-corrected chi connectivity index (χ1v) is 9.95. The molecule has 1 nitrogen and oxygen atoms in total. The molecule has 0 N–H and O–H groups in total. The van der Waals surface area contributed by atoms with Crippen LogP contribution in [0, 0.1) is 0 Å². The minimum absolute atomic E-state index is 1.19. The summed E-state index contributed by atoms with van der Waals surface area (Å²) in [6.07, 6.45) is 0. The van der Waals surface area contributed by atoms with Gasteiger partial charge in [-0.1, -0.05) is 54.6 Å². The fraction of sp³-hybridized carbons (Fsp3) is 0. The van der Waals surface area contributed by atoms with E-state index in [0.717, 1.165) is 0 Å². The van der Waals surface area contributed by atoms with E-state index in [2.05, 4.69) is 94.5 Å². The maximum absolute atomic E-state index is 2.39. The summed E-state index contributed by atoms with van der Waals surface area (Å²) >= 11 is 3.60. The predicted octanol–water partition coefficient (Wildman–Crippen LogP) is 7.59. The van der Waals surface area contributed by atoms with Crippen molar-refractivity contribution in [2.45, 2.75) is 0 Å². The molecule has 0 aliphatic rings. The number of para-hydroxylation sites is 1. The van der Waals surface area contributed by atoms with Crippen molar-refractivity contribution in [2.24, 2.45) is 0 Å². The van der Waals surface area contributed by atoms with E-state index in [-0.39, 0.29) is 0 Å². The first-order chi connectivity index (χ1) is 12.4. The van der Waals surface area contributed by atoms with Gasteiger partial charge in [-0.05, 0) is 24.3 Å². The Balaban J connectivity index is 1.81. The molecule has 0 bridgehead atoms. The smallest absolute Gasteiger partial charge is 0.0647 e. The van der Waals surface area contributed by atoms with Crippen LogP contribution < -0.4 is 4.90 Å². The predicted molar refractivity (Wildman–Crippen MR) is 112 cm³/mol. The molecule has 0 radical (unpaired) electrons. The number of hydrogen-bond donors (Lipinski definition) is 0. The molecule has 0 unspecified atom stereocenters. The highest BCUT2D eigenvalue weighted by molar-refractivity contribution is 7.18. The first kappa shape index (κ1) is 14.7. The summed E-state index contributed by atoms with van der Waals surface area (Å²) in [5.41, 5.74) is 3.68. The normalized spacial score (nSPS) is 11.2. The first-order valence-electron chi connectivity index (χ1n) is 8.19. The van der Waals surface area contributed by atoms with Crippen LogP contribution in [-0.4, -0.2) is 0 Å². The van der Waals surface area contributed by atoms with Crippen LogP contribution in [0.15, 0.2) is 89.6 Å². The quantitative estimate of drug-likeness (QED) is 0.321. The maximum Gasteiger partial charge on any atom is 0.0647 e. The number of fused-ring (bicyclic) bond motifs is 2. The topological polar surface area (TPSA) is 3.24 Å². The van der Waals surface area contributed by atoms with Crippen LogP contribution in [0.4, 0.5) is 17.1 Å². The summed E-state index contributed by atoms with van der Waals surface area (Å²) in [5, 5.41) is 7.13. The lowest BCUT2D eigenvalue weighted by molar-refractivity contribution is 1.33. The molecule has 2 aromatic heterocycles. The highest BCUT2D eigenvalue weighted by Gasteiger charge is 2.19. The van der Waals surface area contributed by atoms with Gasteiger partial charge in [0.25, 0.3) is 0 Å². The number of rotatable bonds is 3. The lowest BCUT2D eigenvalue weighted by atomic mass is 10.1. The fourth-order valence-electron chi connectivity index (χ4n) is 3.26. The molecule has 3 heteroatoms. The molecule has 0 aliphatic heterocycles. The third-order valence-corrected chi connectivity index (χ3v) is 6.32. The Hall–Kier alpha value is -2.62. The molecule has 2 heterocycles. The van der Waals surface area contributed by atoms with Gasteiger partial charge in [0.05, 0.1) is 11.4 Å². The average molecular weight is 358 g/mol.